The van der Waals surface area contributed by atoms with Gasteiger partial charge in [0.1, 0.15) is 4.88 Å². The fourth-order valence-electron chi connectivity index (χ4n) is 1.47. The molecular formula is C12H9BrCl2N2O2S. The van der Waals surface area contributed by atoms with Crippen molar-refractivity contribution < 1.29 is 9.53 Å². The van der Waals surface area contributed by atoms with E-state index in [2.05, 4.69) is 31.0 Å². The molecular weight excluding hydrogens is 387 g/mol. The summed E-state index contributed by atoms with van der Waals surface area (Å²) in [5.41, 5.74) is 1.22. The molecule has 0 amide bonds. The molecule has 0 aliphatic heterocycles. The predicted octanol–water partition coefficient (Wildman–Crippen LogP) is 5.05. The van der Waals surface area contributed by atoms with Gasteiger partial charge in [-0.25, -0.2) is 9.78 Å². The number of nitrogens with one attached hydrogen (secondary N) is 1. The zero-order valence-corrected chi connectivity index (χ0v) is 14.4. The first kappa shape index (κ1) is 15.6. The number of methoxy groups -OCH3 is 1. The van der Waals surface area contributed by atoms with Crippen molar-refractivity contribution >= 4 is 67.3 Å². The average Bonchev–Trinajstić information content (AvgIpc) is 2.79. The molecule has 0 bridgehead atoms. The number of aromatic nitrogens is 1. The van der Waals surface area contributed by atoms with Crippen molar-refractivity contribution in [1.29, 1.82) is 0 Å². The second kappa shape index (κ2) is 6.30. The Hall–Kier alpha value is -0.820. The predicted molar refractivity (Wildman–Crippen MR) is 85.6 cm³/mol. The van der Waals surface area contributed by atoms with Gasteiger partial charge in [0.25, 0.3) is 0 Å². The first-order valence-corrected chi connectivity index (χ1v) is 7.77. The first-order valence-electron chi connectivity index (χ1n) is 5.40. The Kier molecular flexibility index (Phi) is 4.90. The number of thiazole rings is 1. The van der Waals surface area contributed by atoms with Gasteiger partial charge in [-0.1, -0.05) is 34.5 Å². The van der Waals surface area contributed by atoms with Gasteiger partial charge in [-0.2, -0.15) is 0 Å². The molecule has 2 aromatic rings. The van der Waals surface area contributed by atoms with E-state index < -0.39 is 5.97 Å². The average molecular weight is 396 g/mol. The van der Waals surface area contributed by atoms with E-state index >= 15 is 0 Å². The molecule has 1 aromatic heterocycles. The highest BCUT2D eigenvalue weighted by atomic mass is 79.9. The minimum Gasteiger partial charge on any atom is -0.465 e. The summed E-state index contributed by atoms with van der Waals surface area (Å²) >= 11 is 16.7. The molecule has 4 nitrogen and oxygen atoms in total. The molecule has 0 saturated heterocycles. The lowest BCUT2D eigenvalue weighted by molar-refractivity contribution is 0.0605. The van der Waals surface area contributed by atoms with Gasteiger partial charge in [0.15, 0.2) is 5.13 Å². The zero-order chi connectivity index (χ0) is 14.9. The maximum Gasteiger partial charge on any atom is 0.350 e. The van der Waals surface area contributed by atoms with E-state index in [9.17, 15) is 4.79 Å². The third kappa shape index (κ3) is 3.09. The highest BCUT2D eigenvalue weighted by molar-refractivity contribution is 9.10. The number of esters is 1. The number of hydrogen-bond donors (Lipinski definition) is 1. The third-order valence-corrected chi connectivity index (χ3v) is 5.27. The Labute approximate surface area is 138 Å². The van der Waals surface area contributed by atoms with Crippen LogP contribution in [0.25, 0.3) is 0 Å². The number of hydrogen-bond acceptors (Lipinski definition) is 5. The van der Waals surface area contributed by atoms with Crippen LogP contribution < -0.4 is 5.32 Å². The Morgan fingerprint density at radius 3 is 2.75 bits per heavy atom. The Morgan fingerprint density at radius 1 is 1.40 bits per heavy atom. The minimum atomic E-state index is -0.409. The maximum atomic E-state index is 11.5. The van der Waals surface area contributed by atoms with Crippen molar-refractivity contribution in [1.82, 2.24) is 4.98 Å². The van der Waals surface area contributed by atoms with E-state index in [0.717, 1.165) is 0 Å². The highest BCUT2D eigenvalue weighted by Gasteiger charge is 2.17. The van der Waals surface area contributed by atoms with Gasteiger partial charge in [-0.15, -0.1) is 0 Å². The van der Waals surface area contributed by atoms with Crippen LogP contribution in [0.4, 0.5) is 10.8 Å². The Balaban J connectivity index is 2.32. The maximum absolute atomic E-state index is 11.5. The summed E-state index contributed by atoms with van der Waals surface area (Å²) in [4.78, 5) is 16.2. The highest BCUT2D eigenvalue weighted by Crippen LogP contribution is 2.38. The van der Waals surface area contributed by atoms with Crippen LogP contribution in [0.15, 0.2) is 16.6 Å². The number of nitrogens with zero attached hydrogens (tertiary/aromatic N) is 1. The second-order valence-electron chi connectivity index (χ2n) is 3.77. The number of carbonyl (C=O) groups excluding carboxylic acids is 1. The van der Waals surface area contributed by atoms with Gasteiger partial charge in [0, 0.05) is 4.47 Å². The molecule has 0 aliphatic rings. The molecule has 0 radical (unpaired) electrons. The smallest absolute Gasteiger partial charge is 0.350 e. The summed E-state index contributed by atoms with van der Waals surface area (Å²) in [7, 11) is 1.33. The van der Waals surface area contributed by atoms with Crippen molar-refractivity contribution in [3.63, 3.8) is 0 Å². The minimum absolute atomic E-state index is 0.383. The van der Waals surface area contributed by atoms with E-state index in [1.54, 1.807) is 19.1 Å². The van der Waals surface area contributed by atoms with Crippen molar-refractivity contribution in [2.75, 3.05) is 12.4 Å². The van der Waals surface area contributed by atoms with Gasteiger partial charge >= 0.3 is 5.97 Å². The molecule has 1 heterocycles. The Morgan fingerprint density at radius 2 is 2.10 bits per heavy atom. The molecule has 1 aromatic carbocycles. The monoisotopic (exact) mass is 394 g/mol. The topological polar surface area (TPSA) is 51.2 Å². The van der Waals surface area contributed by atoms with E-state index in [4.69, 9.17) is 23.2 Å². The van der Waals surface area contributed by atoms with Crippen molar-refractivity contribution in [3.05, 3.63) is 37.2 Å². The molecule has 8 heteroatoms. The normalized spacial score (nSPS) is 10.4. The fourth-order valence-corrected chi connectivity index (χ4v) is 3.19. The molecule has 20 heavy (non-hydrogen) atoms. The van der Waals surface area contributed by atoms with E-state index in [0.29, 0.717) is 35.9 Å². The number of benzene rings is 1. The number of carbonyl (C=O) groups is 1. The van der Waals surface area contributed by atoms with Crippen LogP contribution in [0.2, 0.25) is 10.0 Å². The second-order valence-corrected chi connectivity index (χ2v) is 6.38. The van der Waals surface area contributed by atoms with E-state index in [1.807, 2.05) is 0 Å². The molecule has 0 spiro atoms. The number of aryl methyl sites for hydroxylation is 1. The number of anilines is 2. The SMILES string of the molecule is COC(=O)c1sc(Nc2ccc(Br)c(Cl)c2Cl)nc1C. The van der Waals surface area contributed by atoms with Crippen molar-refractivity contribution in [2.24, 2.45) is 0 Å². The van der Waals surface area contributed by atoms with Gasteiger partial charge in [-0.3, -0.25) is 0 Å². The van der Waals surface area contributed by atoms with Crippen LogP contribution in [0.3, 0.4) is 0 Å². The lowest BCUT2D eigenvalue weighted by Gasteiger charge is -2.07. The van der Waals surface area contributed by atoms with Crippen LogP contribution in [0.5, 0.6) is 0 Å². The lowest BCUT2D eigenvalue weighted by atomic mass is 10.3. The Bertz CT molecular complexity index is 676. The largest absolute Gasteiger partial charge is 0.465 e. The van der Waals surface area contributed by atoms with Gasteiger partial charge < -0.3 is 10.1 Å². The molecule has 0 aliphatic carbocycles. The van der Waals surface area contributed by atoms with Gasteiger partial charge in [0.05, 0.1) is 28.5 Å². The standard InChI is InChI=1S/C12H9BrCl2N2O2S/c1-5-10(11(18)19-2)20-12(16-5)17-7-4-3-6(13)8(14)9(7)15/h3-4H,1-2H3,(H,16,17). The number of halogens is 3. The molecule has 106 valence electrons. The fraction of sp³-hybridized carbons (Fsp3) is 0.167. The molecule has 0 atom stereocenters. The summed E-state index contributed by atoms with van der Waals surface area (Å²) in [5, 5.41) is 4.39. The molecule has 0 unspecified atom stereocenters. The van der Waals surface area contributed by atoms with Gasteiger partial charge in [-0.05, 0) is 35.0 Å². The lowest BCUT2D eigenvalue weighted by Crippen LogP contribution is -1.99. The van der Waals surface area contributed by atoms with Crippen LogP contribution in [-0.2, 0) is 4.74 Å². The zero-order valence-electron chi connectivity index (χ0n) is 10.5. The third-order valence-electron chi connectivity index (χ3n) is 2.44. The number of rotatable bonds is 3. The number of ether oxygens (including phenoxy) is 1. The van der Waals surface area contributed by atoms with Crippen LogP contribution in [0.1, 0.15) is 15.4 Å². The van der Waals surface area contributed by atoms with Crippen molar-refractivity contribution in [2.45, 2.75) is 6.92 Å². The first-order chi connectivity index (χ1) is 9.43. The molecule has 2 rings (SSSR count). The van der Waals surface area contributed by atoms with E-state index in [-0.39, 0.29) is 0 Å². The summed E-state index contributed by atoms with van der Waals surface area (Å²) in [6, 6.07) is 3.55. The summed E-state index contributed by atoms with van der Waals surface area (Å²) < 4.78 is 5.40. The summed E-state index contributed by atoms with van der Waals surface area (Å²) in [5.74, 6) is -0.409. The van der Waals surface area contributed by atoms with Crippen LogP contribution in [0, 0.1) is 6.92 Å². The van der Waals surface area contributed by atoms with Gasteiger partial charge in [0.2, 0.25) is 0 Å². The van der Waals surface area contributed by atoms with Crippen LogP contribution >= 0.6 is 50.5 Å². The molecule has 0 fully saturated rings. The van der Waals surface area contributed by atoms with Crippen LogP contribution in [-0.4, -0.2) is 18.1 Å². The molecule has 0 saturated carbocycles. The summed E-state index contributed by atoms with van der Waals surface area (Å²) in [6.45, 7) is 1.74. The van der Waals surface area contributed by atoms with E-state index in [1.165, 1.54) is 18.4 Å². The molecule has 1 N–H and O–H groups in total. The van der Waals surface area contributed by atoms with Crippen molar-refractivity contribution in [3.8, 4) is 0 Å². The summed E-state index contributed by atoms with van der Waals surface area (Å²) in [6.07, 6.45) is 0. The quantitative estimate of drug-likeness (QED) is 0.583.